The number of hydrogen-bond acceptors (Lipinski definition) is 2. The molecule has 2 N–H and O–H groups in total. The highest BCUT2D eigenvalue weighted by Gasteiger charge is 2.56. The summed E-state index contributed by atoms with van der Waals surface area (Å²) in [5.41, 5.74) is 0.128. The van der Waals surface area contributed by atoms with E-state index in [0.717, 1.165) is 5.56 Å². The molecular weight excluding hydrogens is 383 g/mol. The topological polar surface area (TPSA) is 58.2 Å². The van der Waals surface area contributed by atoms with E-state index in [-0.39, 0.29) is 23.4 Å². The van der Waals surface area contributed by atoms with Gasteiger partial charge in [0.2, 0.25) is 11.8 Å². The molecule has 4 nitrogen and oxygen atoms in total. The van der Waals surface area contributed by atoms with Crippen molar-refractivity contribution in [3.8, 4) is 0 Å². The Bertz CT molecular complexity index is 835. The van der Waals surface area contributed by atoms with Crippen molar-refractivity contribution in [1.82, 2.24) is 5.32 Å². The molecule has 0 aromatic heterocycles. The van der Waals surface area contributed by atoms with Crippen LogP contribution in [0.25, 0.3) is 0 Å². The Kier molecular flexibility index (Phi) is 5.23. The third-order valence-electron chi connectivity index (χ3n) is 4.22. The maximum atomic E-state index is 12.6. The van der Waals surface area contributed by atoms with Crippen LogP contribution >= 0.6 is 34.8 Å². The number of hydrogen-bond donors (Lipinski definition) is 2. The molecule has 1 saturated carbocycles. The normalized spacial score (nSPS) is 14.7. The van der Waals surface area contributed by atoms with E-state index < -0.39 is 5.41 Å². The van der Waals surface area contributed by atoms with E-state index in [1.165, 1.54) is 0 Å². The van der Waals surface area contributed by atoms with Crippen LogP contribution < -0.4 is 10.6 Å². The van der Waals surface area contributed by atoms with Gasteiger partial charge in [-0.25, -0.2) is 0 Å². The summed E-state index contributed by atoms with van der Waals surface area (Å²) in [6.45, 7) is 0.269. The highest BCUT2D eigenvalue weighted by Crippen LogP contribution is 2.47. The Morgan fingerprint density at radius 3 is 2.28 bits per heavy atom. The third-order valence-corrected chi connectivity index (χ3v) is 5.40. The van der Waals surface area contributed by atoms with Gasteiger partial charge in [-0.15, -0.1) is 0 Å². The van der Waals surface area contributed by atoms with Crippen LogP contribution in [0.5, 0.6) is 0 Å². The monoisotopic (exact) mass is 396 g/mol. The summed E-state index contributed by atoms with van der Waals surface area (Å²) in [5.74, 6) is -0.698. The van der Waals surface area contributed by atoms with Crippen molar-refractivity contribution in [2.45, 2.75) is 19.4 Å². The van der Waals surface area contributed by atoms with Crippen LogP contribution in [0.1, 0.15) is 18.4 Å². The Labute approximate surface area is 160 Å². The zero-order valence-electron chi connectivity index (χ0n) is 13.1. The van der Waals surface area contributed by atoms with E-state index in [0.29, 0.717) is 28.6 Å². The predicted octanol–water partition coefficient (Wildman–Crippen LogP) is 4.68. The molecule has 1 fully saturated rings. The number of carbonyl (C=O) groups excluding carboxylic acids is 2. The molecule has 7 heteroatoms. The largest absolute Gasteiger partial charge is 0.351 e. The van der Waals surface area contributed by atoms with Gasteiger partial charge in [-0.1, -0.05) is 59.1 Å². The van der Waals surface area contributed by atoms with Crippen molar-refractivity contribution in [2.24, 2.45) is 5.41 Å². The fraction of sp³-hybridized carbons (Fsp3) is 0.222. The molecule has 25 heavy (non-hydrogen) atoms. The van der Waals surface area contributed by atoms with E-state index in [4.69, 9.17) is 34.8 Å². The molecule has 0 heterocycles. The van der Waals surface area contributed by atoms with Gasteiger partial charge in [0.1, 0.15) is 5.41 Å². The van der Waals surface area contributed by atoms with Gasteiger partial charge in [0, 0.05) is 11.6 Å². The van der Waals surface area contributed by atoms with E-state index in [1.54, 1.807) is 24.3 Å². The van der Waals surface area contributed by atoms with Gasteiger partial charge >= 0.3 is 0 Å². The summed E-state index contributed by atoms with van der Waals surface area (Å²) < 4.78 is 0. The van der Waals surface area contributed by atoms with Crippen LogP contribution in [-0.2, 0) is 16.1 Å². The Balaban J connectivity index is 1.67. The van der Waals surface area contributed by atoms with E-state index in [9.17, 15) is 9.59 Å². The average Bonchev–Trinajstić information content (AvgIpc) is 3.40. The number of halogens is 3. The Morgan fingerprint density at radius 2 is 1.60 bits per heavy atom. The van der Waals surface area contributed by atoms with Crippen molar-refractivity contribution in [1.29, 1.82) is 0 Å². The quantitative estimate of drug-likeness (QED) is 0.720. The van der Waals surface area contributed by atoms with Crippen molar-refractivity contribution in [2.75, 3.05) is 5.32 Å². The minimum Gasteiger partial charge on any atom is -0.351 e. The first-order chi connectivity index (χ1) is 11.9. The zero-order valence-corrected chi connectivity index (χ0v) is 15.4. The number of carbonyl (C=O) groups is 2. The van der Waals surface area contributed by atoms with Gasteiger partial charge in [-0.05, 0) is 36.6 Å². The smallest absolute Gasteiger partial charge is 0.240 e. The number of anilines is 1. The molecule has 1 aliphatic carbocycles. The first kappa shape index (κ1) is 18.1. The number of benzene rings is 2. The SMILES string of the molecule is O=C(NCc1ccccc1Cl)C1(C(=O)Nc2cccc(Cl)c2Cl)CC1. The minimum absolute atomic E-state index is 0.254. The van der Waals surface area contributed by atoms with Crippen molar-refractivity contribution in [3.05, 3.63) is 63.1 Å². The maximum absolute atomic E-state index is 12.6. The molecular formula is C18H15Cl3N2O2. The molecule has 130 valence electrons. The van der Waals surface area contributed by atoms with Gasteiger partial charge in [0.05, 0.1) is 15.7 Å². The highest BCUT2D eigenvalue weighted by molar-refractivity contribution is 6.44. The van der Waals surface area contributed by atoms with Crippen LogP contribution in [0.3, 0.4) is 0 Å². The molecule has 2 amide bonds. The van der Waals surface area contributed by atoms with E-state index in [2.05, 4.69) is 10.6 Å². The van der Waals surface area contributed by atoms with E-state index in [1.807, 2.05) is 18.2 Å². The summed E-state index contributed by atoms with van der Waals surface area (Å²) in [5, 5.41) is 6.66. The van der Waals surface area contributed by atoms with Crippen molar-refractivity contribution < 1.29 is 9.59 Å². The standard InChI is InChI=1S/C18H15Cl3N2O2/c19-12-5-2-1-4-11(12)10-22-16(24)18(8-9-18)17(25)23-14-7-3-6-13(20)15(14)21/h1-7H,8-10H2,(H,22,24)(H,23,25). The second-order valence-corrected chi connectivity index (χ2v) is 7.10. The van der Waals surface area contributed by atoms with Crippen LogP contribution in [0.4, 0.5) is 5.69 Å². The van der Waals surface area contributed by atoms with Crippen LogP contribution in [0.2, 0.25) is 15.1 Å². The lowest BCUT2D eigenvalue weighted by Crippen LogP contribution is -2.39. The first-order valence-corrected chi connectivity index (χ1v) is 8.84. The maximum Gasteiger partial charge on any atom is 0.240 e. The second kappa shape index (κ2) is 7.24. The fourth-order valence-corrected chi connectivity index (χ4v) is 3.06. The van der Waals surface area contributed by atoms with Gasteiger partial charge in [-0.2, -0.15) is 0 Å². The summed E-state index contributed by atoms with van der Waals surface area (Å²) in [7, 11) is 0. The van der Waals surface area contributed by atoms with Gasteiger partial charge in [-0.3, -0.25) is 9.59 Å². The van der Waals surface area contributed by atoms with Crippen molar-refractivity contribution in [3.63, 3.8) is 0 Å². The molecule has 1 aliphatic rings. The van der Waals surface area contributed by atoms with Crippen LogP contribution in [-0.4, -0.2) is 11.8 Å². The molecule has 0 spiro atoms. The summed E-state index contributed by atoms with van der Waals surface area (Å²) in [4.78, 5) is 25.1. The number of amides is 2. The lowest BCUT2D eigenvalue weighted by atomic mass is 10.0. The van der Waals surface area contributed by atoms with Gasteiger partial charge < -0.3 is 10.6 Å². The number of rotatable bonds is 5. The first-order valence-electron chi connectivity index (χ1n) is 7.71. The predicted molar refractivity (Wildman–Crippen MR) is 100 cm³/mol. The molecule has 2 aromatic carbocycles. The number of nitrogens with one attached hydrogen (secondary N) is 2. The van der Waals surface area contributed by atoms with Crippen LogP contribution in [0, 0.1) is 5.41 Å². The van der Waals surface area contributed by atoms with Gasteiger partial charge in [0.25, 0.3) is 0 Å². The molecule has 3 rings (SSSR count). The molecule has 0 atom stereocenters. The third kappa shape index (κ3) is 3.76. The summed E-state index contributed by atoms with van der Waals surface area (Å²) >= 11 is 18.1. The molecule has 0 radical (unpaired) electrons. The highest BCUT2D eigenvalue weighted by atomic mass is 35.5. The Morgan fingerprint density at radius 1 is 0.920 bits per heavy atom. The van der Waals surface area contributed by atoms with Crippen LogP contribution in [0.15, 0.2) is 42.5 Å². The molecule has 2 aromatic rings. The minimum atomic E-state index is -1.06. The second-order valence-electron chi connectivity index (χ2n) is 5.91. The Hall–Kier alpha value is -1.75. The molecule has 0 saturated heterocycles. The van der Waals surface area contributed by atoms with Gasteiger partial charge in [0.15, 0.2) is 0 Å². The molecule has 0 bridgehead atoms. The van der Waals surface area contributed by atoms with Crippen molar-refractivity contribution >= 4 is 52.3 Å². The summed E-state index contributed by atoms with van der Waals surface area (Å²) in [6, 6.07) is 12.2. The lowest BCUT2D eigenvalue weighted by Gasteiger charge is -2.16. The average molecular weight is 398 g/mol. The van der Waals surface area contributed by atoms with E-state index >= 15 is 0 Å². The lowest BCUT2D eigenvalue weighted by molar-refractivity contribution is -0.134. The zero-order chi connectivity index (χ0) is 18.0. The fourth-order valence-electron chi connectivity index (χ4n) is 2.51. The summed E-state index contributed by atoms with van der Waals surface area (Å²) in [6.07, 6.45) is 0.983. The molecule has 0 unspecified atom stereocenters. The molecule has 0 aliphatic heterocycles.